The summed E-state index contributed by atoms with van der Waals surface area (Å²) in [5.74, 6) is -1.17. The van der Waals surface area contributed by atoms with Crippen molar-refractivity contribution in [3.63, 3.8) is 0 Å². The molecule has 0 aliphatic heterocycles. The van der Waals surface area contributed by atoms with Gasteiger partial charge in [0.1, 0.15) is 12.4 Å². The highest BCUT2D eigenvalue weighted by atomic mass is 19.4. The Morgan fingerprint density at radius 3 is 2.63 bits per heavy atom. The molecule has 1 aromatic carbocycles. The van der Waals surface area contributed by atoms with Gasteiger partial charge in [-0.1, -0.05) is 12.1 Å². The first kappa shape index (κ1) is 15.4. The van der Waals surface area contributed by atoms with E-state index in [2.05, 4.69) is 5.32 Å². The lowest BCUT2D eigenvalue weighted by molar-refractivity contribution is -0.137. The highest BCUT2D eigenvalue weighted by Gasteiger charge is 2.27. The van der Waals surface area contributed by atoms with Crippen LogP contribution in [0.3, 0.4) is 0 Å². The number of carbonyl (C=O) groups is 1. The van der Waals surface area contributed by atoms with Crippen molar-refractivity contribution in [1.29, 1.82) is 0 Å². The van der Waals surface area contributed by atoms with Crippen LogP contribution in [0.4, 0.5) is 17.6 Å². The predicted molar refractivity (Wildman–Crippen MR) is 61.9 cm³/mol. The summed E-state index contributed by atoms with van der Waals surface area (Å²) >= 11 is 0. The van der Waals surface area contributed by atoms with Crippen molar-refractivity contribution in [1.82, 2.24) is 10.6 Å². The molecule has 19 heavy (non-hydrogen) atoms. The van der Waals surface area contributed by atoms with Gasteiger partial charge in [-0.3, -0.25) is 4.79 Å². The monoisotopic (exact) mass is 278 g/mol. The summed E-state index contributed by atoms with van der Waals surface area (Å²) in [7, 11) is 0. The van der Waals surface area contributed by atoms with Crippen molar-refractivity contribution in [2.24, 2.45) is 0 Å². The van der Waals surface area contributed by atoms with Crippen LogP contribution in [0.15, 0.2) is 24.3 Å². The molecular weight excluding hydrogens is 264 g/mol. The highest BCUT2D eigenvalue weighted by Crippen LogP contribution is 2.13. The Morgan fingerprint density at radius 1 is 1.37 bits per heavy atom. The first-order valence-electron chi connectivity index (χ1n) is 5.60. The standard InChI is InChI=1S/C12H14F4N2O/c1-8(9-3-2-4-10(13)5-9)17-6-11(19)18-7-12(14,15)16/h2-5,8,17H,6-7H2,1H3,(H,18,19)/t8-/m1/s1. The molecule has 0 saturated carbocycles. The molecule has 0 aliphatic rings. The van der Waals surface area contributed by atoms with Gasteiger partial charge in [0.25, 0.3) is 0 Å². The molecule has 1 rings (SSSR count). The van der Waals surface area contributed by atoms with Crippen LogP contribution in [0, 0.1) is 5.82 Å². The van der Waals surface area contributed by atoms with Crippen LogP contribution in [0.2, 0.25) is 0 Å². The summed E-state index contributed by atoms with van der Waals surface area (Å²) in [6, 6.07) is 5.42. The maximum Gasteiger partial charge on any atom is 0.405 e. The van der Waals surface area contributed by atoms with Crippen LogP contribution in [0.25, 0.3) is 0 Å². The van der Waals surface area contributed by atoms with Gasteiger partial charge >= 0.3 is 6.18 Å². The van der Waals surface area contributed by atoms with Crippen LogP contribution in [0.1, 0.15) is 18.5 Å². The maximum atomic E-state index is 12.9. The Balaban J connectivity index is 2.38. The normalized spacial score (nSPS) is 13.1. The Morgan fingerprint density at radius 2 is 2.05 bits per heavy atom. The van der Waals surface area contributed by atoms with E-state index in [1.165, 1.54) is 18.2 Å². The van der Waals surface area contributed by atoms with Gasteiger partial charge in [0.2, 0.25) is 5.91 Å². The molecule has 1 atom stereocenters. The number of carbonyl (C=O) groups excluding carboxylic acids is 1. The van der Waals surface area contributed by atoms with E-state index in [-0.39, 0.29) is 12.6 Å². The van der Waals surface area contributed by atoms with Gasteiger partial charge in [-0.2, -0.15) is 13.2 Å². The number of halogens is 4. The largest absolute Gasteiger partial charge is 0.405 e. The van der Waals surface area contributed by atoms with E-state index in [4.69, 9.17) is 0 Å². The molecule has 2 N–H and O–H groups in total. The van der Waals surface area contributed by atoms with Crippen LogP contribution >= 0.6 is 0 Å². The van der Waals surface area contributed by atoms with E-state index in [1.54, 1.807) is 18.3 Å². The van der Waals surface area contributed by atoms with Crippen LogP contribution in [0.5, 0.6) is 0 Å². The van der Waals surface area contributed by atoms with E-state index in [9.17, 15) is 22.4 Å². The number of benzene rings is 1. The molecule has 0 spiro atoms. The van der Waals surface area contributed by atoms with Crippen molar-refractivity contribution in [2.45, 2.75) is 19.1 Å². The third-order valence-corrected chi connectivity index (χ3v) is 2.40. The number of hydrogen-bond donors (Lipinski definition) is 2. The summed E-state index contributed by atoms with van der Waals surface area (Å²) in [6.07, 6.45) is -4.43. The Bertz CT molecular complexity index is 434. The molecule has 0 radical (unpaired) electrons. The van der Waals surface area contributed by atoms with Crippen molar-refractivity contribution < 1.29 is 22.4 Å². The topological polar surface area (TPSA) is 41.1 Å². The fourth-order valence-electron chi connectivity index (χ4n) is 1.40. The Kier molecular flexibility index (Phi) is 5.29. The Hall–Kier alpha value is -1.63. The fraction of sp³-hybridized carbons (Fsp3) is 0.417. The quantitative estimate of drug-likeness (QED) is 0.810. The minimum Gasteiger partial charge on any atom is -0.346 e. The van der Waals surface area contributed by atoms with E-state index >= 15 is 0 Å². The molecule has 1 amide bonds. The lowest BCUT2D eigenvalue weighted by atomic mass is 10.1. The minimum atomic E-state index is -4.43. The summed E-state index contributed by atoms with van der Waals surface area (Å²) in [4.78, 5) is 11.1. The van der Waals surface area contributed by atoms with Gasteiger partial charge in [0, 0.05) is 6.04 Å². The van der Waals surface area contributed by atoms with Gasteiger partial charge in [-0.25, -0.2) is 4.39 Å². The van der Waals surface area contributed by atoms with E-state index in [0.29, 0.717) is 5.56 Å². The smallest absolute Gasteiger partial charge is 0.346 e. The average molecular weight is 278 g/mol. The first-order valence-corrected chi connectivity index (χ1v) is 5.60. The van der Waals surface area contributed by atoms with Gasteiger partial charge in [0.15, 0.2) is 0 Å². The number of alkyl halides is 3. The molecule has 0 saturated heterocycles. The molecule has 0 bridgehead atoms. The van der Waals surface area contributed by atoms with Crippen molar-refractivity contribution in [3.8, 4) is 0 Å². The van der Waals surface area contributed by atoms with Crippen LogP contribution in [-0.4, -0.2) is 25.2 Å². The summed E-state index contributed by atoms with van der Waals surface area (Å²) in [5, 5.41) is 4.46. The van der Waals surface area contributed by atoms with Gasteiger partial charge < -0.3 is 10.6 Å². The molecule has 106 valence electrons. The summed E-state index contributed by atoms with van der Waals surface area (Å²) in [5.41, 5.74) is 0.614. The van der Waals surface area contributed by atoms with E-state index in [0.717, 1.165) is 0 Å². The molecular formula is C12H14F4N2O. The number of amides is 1. The van der Waals surface area contributed by atoms with Gasteiger partial charge in [-0.05, 0) is 24.6 Å². The predicted octanol–water partition coefficient (Wildman–Crippen LogP) is 2.15. The zero-order chi connectivity index (χ0) is 14.5. The Labute approximate surface area is 108 Å². The van der Waals surface area contributed by atoms with E-state index in [1.807, 2.05) is 0 Å². The molecule has 0 unspecified atom stereocenters. The second-order valence-electron chi connectivity index (χ2n) is 4.05. The minimum absolute atomic E-state index is 0.270. The second-order valence-corrected chi connectivity index (χ2v) is 4.05. The molecule has 3 nitrogen and oxygen atoms in total. The zero-order valence-electron chi connectivity index (χ0n) is 10.2. The van der Waals surface area contributed by atoms with Crippen LogP contribution in [-0.2, 0) is 4.79 Å². The van der Waals surface area contributed by atoms with Crippen molar-refractivity contribution in [2.75, 3.05) is 13.1 Å². The first-order chi connectivity index (χ1) is 8.78. The molecule has 7 heteroatoms. The molecule has 0 aliphatic carbocycles. The number of hydrogen-bond acceptors (Lipinski definition) is 2. The fourth-order valence-corrected chi connectivity index (χ4v) is 1.40. The third kappa shape index (κ3) is 6.19. The molecule has 0 heterocycles. The summed E-state index contributed by atoms with van der Waals surface area (Å²) in [6.45, 7) is 0.0570. The number of nitrogens with one attached hydrogen (secondary N) is 2. The van der Waals surface area contributed by atoms with E-state index < -0.39 is 24.4 Å². The highest BCUT2D eigenvalue weighted by molar-refractivity contribution is 5.78. The maximum absolute atomic E-state index is 12.9. The lowest BCUT2D eigenvalue weighted by Crippen LogP contribution is -2.39. The van der Waals surface area contributed by atoms with Crippen molar-refractivity contribution in [3.05, 3.63) is 35.6 Å². The number of rotatable bonds is 5. The molecule has 0 fully saturated rings. The molecule has 1 aromatic rings. The summed E-state index contributed by atoms with van der Waals surface area (Å²) < 4.78 is 48.5. The molecule has 0 aromatic heterocycles. The third-order valence-electron chi connectivity index (χ3n) is 2.40. The lowest BCUT2D eigenvalue weighted by Gasteiger charge is -2.14. The van der Waals surface area contributed by atoms with Gasteiger partial charge in [0.05, 0.1) is 6.54 Å². The average Bonchev–Trinajstić information content (AvgIpc) is 2.32. The van der Waals surface area contributed by atoms with Crippen LogP contribution < -0.4 is 10.6 Å². The van der Waals surface area contributed by atoms with Crippen molar-refractivity contribution >= 4 is 5.91 Å². The zero-order valence-corrected chi connectivity index (χ0v) is 10.2. The SMILES string of the molecule is C[C@@H](NCC(=O)NCC(F)(F)F)c1cccc(F)c1. The van der Waals surface area contributed by atoms with Gasteiger partial charge in [-0.15, -0.1) is 0 Å². The second kappa shape index (κ2) is 6.51.